The van der Waals surface area contributed by atoms with Crippen molar-refractivity contribution in [2.24, 2.45) is 5.92 Å². The molecule has 0 heterocycles. The first-order valence-corrected chi connectivity index (χ1v) is 6.51. The summed E-state index contributed by atoms with van der Waals surface area (Å²) in [5, 5.41) is 0. The topological polar surface area (TPSA) is 29.5 Å². The number of hydrogen-bond acceptors (Lipinski definition) is 3. The third-order valence-corrected chi connectivity index (χ3v) is 2.66. The van der Waals surface area contributed by atoms with Crippen LogP contribution in [0.4, 0.5) is 0 Å². The van der Waals surface area contributed by atoms with Crippen molar-refractivity contribution in [2.45, 2.75) is 39.7 Å². The summed E-state index contributed by atoms with van der Waals surface area (Å²) in [5.41, 5.74) is 0. The van der Waals surface area contributed by atoms with E-state index in [0.717, 1.165) is 12.8 Å². The Labute approximate surface area is 111 Å². The van der Waals surface area contributed by atoms with E-state index in [0.29, 0.717) is 12.5 Å². The average Bonchev–Trinajstić information content (AvgIpc) is 2.30. The summed E-state index contributed by atoms with van der Waals surface area (Å²) >= 11 is 0. The van der Waals surface area contributed by atoms with Crippen LogP contribution >= 0.6 is 0 Å². The minimum Gasteiger partial charge on any atom is -0.446 e. The van der Waals surface area contributed by atoms with Crippen LogP contribution in [0.3, 0.4) is 0 Å². The molecule has 0 aliphatic heterocycles. The number of esters is 1. The number of carbonyl (C=O) groups excluding carboxylic acids is 1. The van der Waals surface area contributed by atoms with Gasteiger partial charge in [0.2, 0.25) is 0 Å². The zero-order valence-electron chi connectivity index (χ0n) is 12.2. The Morgan fingerprint density at radius 1 is 1.33 bits per heavy atom. The van der Waals surface area contributed by atoms with Gasteiger partial charge in [-0.2, -0.15) is 0 Å². The number of ether oxygens (including phenoxy) is 1. The van der Waals surface area contributed by atoms with Crippen LogP contribution in [0.5, 0.6) is 0 Å². The minimum absolute atomic E-state index is 0.300. The minimum atomic E-state index is -0.312. The third-order valence-electron chi connectivity index (χ3n) is 2.66. The molecule has 3 nitrogen and oxygen atoms in total. The van der Waals surface area contributed by atoms with Gasteiger partial charge in [0.05, 0.1) is 6.54 Å². The molecule has 0 spiro atoms. The van der Waals surface area contributed by atoms with E-state index in [-0.39, 0.29) is 12.1 Å². The fraction of sp³-hybridized carbons (Fsp3) is 0.667. The SMILES string of the molecule is C/C=C/C(=O)OC(C#CCN(C)C)C(CC)CC. The molecule has 0 N–H and O–H groups in total. The van der Waals surface area contributed by atoms with Crippen LogP contribution in [-0.4, -0.2) is 37.6 Å². The maximum Gasteiger partial charge on any atom is 0.331 e. The van der Waals surface area contributed by atoms with Crippen molar-refractivity contribution >= 4 is 5.97 Å². The summed E-state index contributed by atoms with van der Waals surface area (Å²) in [6.07, 6.45) is 4.73. The highest BCUT2D eigenvalue weighted by molar-refractivity contribution is 5.82. The summed E-state index contributed by atoms with van der Waals surface area (Å²) in [6, 6.07) is 0. The second-order valence-electron chi connectivity index (χ2n) is 4.49. The second kappa shape index (κ2) is 9.73. The molecular formula is C15H25NO2. The van der Waals surface area contributed by atoms with Gasteiger partial charge in [-0.05, 0) is 33.9 Å². The number of allylic oxidation sites excluding steroid dienone is 1. The number of carbonyl (C=O) groups is 1. The summed E-state index contributed by atoms with van der Waals surface area (Å²) in [6.45, 7) is 6.67. The first kappa shape index (κ1) is 16.7. The van der Waals surface area contributed by atoms with E-state index in [9.17, 15) is 4.79 Å². The zero-order chi connectivity index (χ0) is 14.0. The Hall–Kier alpha value is -1.27. The third kappa shape index (κ3) is 7.13. The normalized spacial score (nSPS) is 12.6. The molecule has 18 heavy (non-hydrogen) atoms. The maximum absolute atomic E-state index is 11.5. The Morgan fingerprint density at radius 3 is 2.39 bits per heavy atom. The van der Waals surface area contributed by atoms with Crippen molar-refractivity contribution in [1.82, 2.24) is 4.90 Å². The summed E-state index contributed by atoms with van der Waals surface area (Å²) in [5.74, 6) is 6.12. The lowest BCUT2D eigenvalue weighted by Crippen LogP contribution is -2.24. The molecule has 102 valence electrons. The van der Waals surface area contributed by atoms with E-state index in [1.165, 1.54) is 6.08 Å². The molecule has 0 aliphatic carbocycles. The van der Waals surface area contributed by atoms with Gasteiger partial charge in [-0.25, -0.2) is 4.79 Å². The first-order valence-electron chi connectivity index (χ1n) is 6.51. The molecule has 0 bridgehead atoms. The van der Waals surface area contributed by atoms with Crippen LogP contribution in [0.15, 0.2) is 12.2 Å². The van der Waals surface area contributed by atoms with Gasteiger partial charge in [0.25, 0.3) is 0 Å². The van der Waals surface area contributed by atoms with Crippen LogP contribution < -0.4 is 0 Å². The van der Waals surface area contributed by atoms with E-state index >= 15 is 0 Å². The van der Waals surface area contributed by atoms with Crippen molar-refractivity contribution < 1.29 is 9.53 Å². The van der Waals surface area contributed by atoms with Crippen molar-refractivity contribution in [1.29, 1.82) is 0 Å². The largest absolute Gasteiger partial charge is 0.446 e. The standard InChI is InChI=1S/C15H25NO2/c1-6-10-15(17)18-14(13(7-2)8-3)11-9-12-16(4)5/h6,10,13-14H,7-8,12H2,1-5H3/b10-6+. The predicted octanol–water partition coefficient (Wildman–Crippen LogP) is 2.48. The molecule has 0 aromatic carbocycles. The molecule has 0 fully saturated rings. The number of nitrogens with zero attached hydrogens (tertiary/aromatic N) is 1. The molecule has 0 radical (unpaired) electrons. The Balaban J connectivity index is 4.69. The Morgan fingerprint density at radius 2 is 1.94 bits per heavy atom. The van der Waals surface area contributed by atoms with Gasteiger partial charge in [-0.15, -0.1) is 0 Å². The monoisotopic (exact) mass is 251 g/mol. The molecule has 0 amide bonds. The van der Waals surface area contributed by atoms with Gasteiger partial charge in [0, 0.05) is 12.0 Å². The lowest BCUT2D eigenvalue weighted by atomic mass is 9.97. The molecule has 0 saturated carbocycles. The predicted molar refractivity (Wildman–Crippen MR) is 75.1 cm³/mol. The van der Waals surface area contributed by atoms with Crippen molar-refractivity contribution in [2.75, 3.05) is 20.6 Å². The van der Waals surface area contributed by atoms with E-state index in [4.69, 9.17) is 4.74 Å². The molecule has 0 rings (SSSR count). The highest BCUT2D eigenvalue weighted by Crippen LogP contribution is 2.16. The van der Waals surface area contributed by atoms with Crippen molar-refractivity contribution in [3.63, 3.8) is 0 Å². The van der Waals surface area contributed by atoms with E-state index in [1.54, 1.807) is 13.0 Å². The lowest BCUT2D eigenvalue weighted by molar-refractivity contribution is -0.142. The molecular weight excluding hydrogens is 226 g/mol. The number of hydrogen-bond donors (Lipinski definition) is 0. The molecule has 0 aliphatic rings. The second-order valence-corrected chi connectivity index (χ2v) is 4.49. The van der Waals surface area contributed by atoms with E-state index < -0.39 is 0 Å². The molecule has 1 unspecified atom stereocenters. The van der Waals surface area contributed by atoms with Gasteiger partial charge < -0.3 is 4.74 Å². The Bertz CT molecular complexity index is 319. The summed E-state index contributed by atoms with van der Waals surface area (Å²) in [7, 11) is 3.93. The summed E-state index contributed by atoms with van der Waals surface area (Å²) < 4.78 is 5.40. The highest BCUT2D eigenvalue weighted by atomic mass is 16.5. The molecule has 0 saturated heterocycles. The first-order chi connectivity index (χ1) is 8.54. The van der Waals surface area contributed by atoms with Crippen LogP contribution in [0, 0.1) is 17.8 Å². The highest BCUT2D eigenvalue weighted by Gasteiger charge is 2.19. The van der Waals surface area contributed by atoms with Gasteiger partial charge in [-0.3, -0.25) is 4.90 Å². The zero-order valence-corrected chi connectivity index (χ0v) is 12.2. The molecule has 3 heteroatoms. The average molecular weight is 251 g/mol. The molecule has 0 aromatic rings. The fourth-order valence-corrected chi connectivity index (χ4v) is 1.57. The van der Waals surface area contributed by atoms with Crippen LogP contribution in [0.2, 0.25) is 0 Å². The summed E-state index contributed by atoms with van der Waals surface area (Å²) in [4.78, 5) is 13.5. The van der Waals surface area contributed by atoms with Crippen LogP contribution in [-0.2, 0) is 9.53 Å². The van der Waals surface area contributed by atoms with Crippen molar-refractivity contribution in [3.8, 4) is 11.8 Å². The quantitative estimate of drug-likeness (QED) is 0.412. The van der Waals surface area contributed by atoms with Gasteiger partial charge in [-0.1, -0.05) is 31.8 Å². The van der Waals surface area contributed by atoms with Gasteiger partial charge >= 0.3 is 5.97 Å². The van der Waals surface area contributed by atoms with Gasteiger partial charge in [0.1, 0.15) is 0 Å². The molecule has 0 aromatic heterocycles. The van der Waals surface area contributed by atoms with E-state index in [2.05, 4.69) is 25.7 Å². The number of rotatable bonds is 6. The lowest BCUT2D eigenvalue weighted by Gasteiger charge is -2.20. The van der Waals surface area contributed by atoms with E-state index in [1.807, 2.05) is 19.0 Å². The maximum atomic E-state index is 11.5. The molecule has 1 atom stereocenters. The van der Waals surface area contributed by atoms with Crippen molar-refractivity contribution in [3.05, 3.63) is 12.2 Å². The van der Waals surface area contributed by atoms with Crippen LogP contribution in [0.1, 0.15) is 33.6 Å². The van der Waals surface area contributed by atoms with Gasteiger partial charge in [0.15, 0.2) is 6.10 Å². The Kier molecular flexibility index (Phi) is 9.04. The van der Waals surface area contributed by atoms with Crippen LogP contribution in [0.25, 0.3) is 0 Å². The smallest absolute Gasteiger partial charge is 0.331 e. The fourth-order valence-electron chi connectivity index (χ4n) is 1.57.